The minimum atomic E-state index is -0.564. The van der Waals surface area contributed by atoms with Crippen molar-refractivity contribution in [2.75, 3.05) is 0 Å². The van der Waals surface area contributed by atoms with Crippen LogP contribution in [0.5, 0.6) is 0 Å². The summed E-state index contributed by atoms with van der Waals surface area (Å²) in [6, 6.07) is 8.03. The molecule has 0 fully saturated rings. The highest BCUT2D eigenvalue weighted by molar-refractivity contribution is 5.77. The first-order valence-corrected chi connectivity index (χ1v) is 10.6. The first kappa shape index (κ1) is 22.5. The average Bonchev–Trinajstić information content (AvgIpc) is 3.09. The number of aryl methyl sites for hydroxylation is 2. The van der Waals surface area contributed by atoms with Gasteiger partial charge in [0.2, 0.25) is 5.91 Å². The summed E-state index contributed by atoms with van der Waals surface area (Å²) in [5.41, 5.74) is 1.76. The summed E-state index contributed by atoms with van der Waals surface area (Å²) in [6.07, 6.45) is 2.48. The molecule has 1 amide bonds. The lowest BCUT2D eigenvalue weighted by Gasteiger charge is -2.23. The number of carbonyl (C=O) groups excluding carboxylic acids is 1. The van der Waals surface area contributed by atoms with Gasteiger partial charge in [-0.1, -0.05) is 52.0 Å². The highest BCUT2D eigenvalue weighted by atomic mass is 16.2. The molecule has 8 heteroatoms. The third-order valence-corrected chi connectivity index (χ3v) is 5.47. The molecule has 2 heterocycles. The van der Waals surface area contributed by atoms with Crippen LogP contribution in [0.3, 0.4) is 0 Å². The minimum absolute atomic E-state index is 0.138. The Morgan fingerprint density at radius 2 is 1.71 bits per heavy atom. The predicted octanol–water partition coefficient (Wildman–Crippen LogP) is 2.15. The number of aromatic nitrogens is 4. The van der Waals surface area contributed by atoms with Crippen molar-refractivity contribution < 1.29 is 4.79 Å². The van der Waals surface area contributed by atoms with E-state index in [-0.39, 0.29) is 29.9 Å². The van der Waals surface area contributed by atoms with Gasteiger partial charge in [0.05, 0.1) is 12.4 Å². The number of nitrogens with zero attached hydrogens (tertiary/aromatic N) is 4. The van der Waals surface area contributed by atoms with Crippen molar-refractivity contribution in [1.29, 1.82) is 0 Å². The van der Waals surface area contributed by atoms with Crippen molar-refractivity contribution >= 4 is 17.1 Å². The topological polar surface area (TPSA) is 90.9 Å². The van der Waals surface area contributed by atoms with E-state index in [0.717, 1.165) is 16.6 Å². The van der Waals surface area contributed by atoms with Crippen LogP contribution in [0.25, 0.3) is 11.2 Å². The summed E-state index contributed by atoms with van der Waals surface area (Å²) >= 11 is 0. The second-order valence-corrected chi connectivity index (χ2v) is 8.89. The fraction of sp³-hybridized carbons (Fsp3) is 0.478. The fourth-order valence-corrected chi connectivity index (χ4v) is 3.87. The molecule has 0 aliphatic heterocycles. The molecule has 0 saturated carbocycles. The van der Waals surface area contributed by atoms with Crippen LogP contribution in [-0.2, 0) is 31.9 Å². The zero-order valence-corrected chi connectivity index (χ0v) is 19.0. The Kier molecular flexibility index (Phi) is 6.48. The molecule has 1 N–H and O–H groups in total. The molecule has 0 aliphatic carbocycles. The summed E-state index contributed by atoms with van der Waals surface area (Å²) in [5.74, 6) is 0.328. The summed E-state index contributed by atoms with van der Waals surface area (Å²) < 4.78 is 3.81. The van der Waals surface area contributed by atoms with E-state index in [2.05, 4.69) is 36.3 Å². The molecule has 0 spiro atoms. The SMILES string of the molecule is CC(C)Cc1ccc([C@H](NC(=O)Cn2c(=O)c3c(ncn3C)n(C)c2=O)C(C)C)cc1. The van der Waals surface area contributed by atoms with Gasteiger partial charge in [-0.2, -0.15) is 0 Å². The van der Waals surface area contributed by atoms with Crippen molar-refractivity contribution in [1.82, 2.24) is 24.0 Å². The third kappa shape index (κ3) is 4.62. The maximum atomic E-state index is 12.8. The monoisotopic (exact) mass is 425 g/mol. The van der Waals surface area contributed by atoms with Gasteiger partial charge in [0.1, 0.15) is 6.54 Å². The van der Waals surface area contributed by atoms with Crippen LogP contribution in [0.1, 0.15) is 44.9 Å². The van der Waals surface area contributed by atoms with Gasteiger partial charge in [0, 0.05) is 14.1 Å². The van der Waals surface area contributed by atoms with Crippen LogP contribution in [0, 0.1) is 11.8 Å². The molecule has 8 nitrogen and oxygen atoms in total. The van der Waals surface area contributed by atoms with E-state index in [1.54, 1.807) is 18.7 Å². The molecule has 0 saturated heterocycles. The zero-order chi connectivity index (χ0) is 22.9. The summed E-state index contributed by atoms with van der Waals surface area (Å²) in [5, 5.41) is 3.00. The Bertz CT molecular complexity index is 1200. The van der Waals surface area contributed by atoms with Gasteiger partial charge < -0.3 is 9.88 Å². The van der Waals surface area contributed by atoms with Gasteiger partial charge >= 0.3 is 5.69 Å². The van der Waals surface area contributed by atoms with Gasteiger partial charge in [-0.05, 0) is 29.4 Å². The number of nitrogens with one attached hydrogen (secondary N) is 1. The Balaban J connectivity index is 1.85. The van der Waals surface area contributed by atoms with Crippen LogP contribution in [0.2, 0.25) is 0 Å². The Morgan fingerprint density at radius 1 is 1.06 bits per heavy atom. The van der Waals surface area contributed by atoms with Gasteiger partial charge in [0.15, 0.2) is 11.2 Å². The second kappa shape index (κ2) is 8.91. The molecule has 166 valence electrons. The van der Waals surface area contributed by atoms with Crippen LogP contribution in [0.15, 0.2) is 40.2 Å². The summed E-state index contributed by atoms with van der Waals surface area (Å²) in [4.78, 5) is 42.5. The summed E-state index contributed by atoms with van der Waals surface area (Å²) in [6.45, 7) is 8.07. The largest absolute Gasteiger partial charge is 0.347 e. The van der Waals surface area contributed by atoms with Gasteiger partial charge in [-0.15, -0.1) is 0 Å². The van der Waals surface area contributed by atoms with E-state index in [9.17, 15) is 14.4 Å². The van der Waals surface area contributed by atoms with Crippen LogP contribution >= 0.6 is 0 Å². The van der Waals surface area contributed by atoms with E-state index < -0.39 is 11.2 Å². The number of benzene rings is 1. The molecule has 1 atom stereocenters. The van der Waals surface area contributed by atoms with E-state index in [0.29, 0.717) is 11.6 Å². The first-order valence-electron chi connectivity index (χ1n) is 10.6. The van der Waals surface area contributed by atoms with Crippen molar-refractivity contribution in [3.63, 3.8) is 0 Å². The number of imidazole rings is 1. The molecule has 0 unspecified atom stereocenters. The van der Waals surface area contributed by atoms with Crippen LogP contribution in [-0.4, -0.2) is 24.6 Å². The third-order valence-electron chi connectivity index (χ3n) is 5.47. The van der Waals surface area contributed by atoms with Gasteiger partial charge in [-0.3, -0.25) is 14.2 Å². The quantitative estimate of drug-likeness (QED) is 0.628. The minimum Gasteiger partial charge on any atom is -0.347 e. The molecule has 1 aromatic carbocycles. The van der Waals surface area contributed by atoms with E-state index in [1.807, 2.05) is 26.0 Å². The fourth-order valence-electron chi connectivity index (χ4n) is 3.87. The van der Waals surface area contributed by atoms with Crippen molar-refractivity contribution in [3.05, 3.63) is 62.6 Å². The number of amides is 1. The van der Waals surface area contributed by atoms with Gasteiger partial charge in [0.25, 0.3) is 5.56 Å². The molecular weight excluding hydrogens is 394 g/mol. The van der Waals surface area contributed by atoms with Gasteiger partial charge in [-0.25, -0.2) is 14.3 Å². The number of fused-ring (bicyclic) bond motifs is 1. The predicted molar refractivity (Wildman–Crippen MR) is 121 cm³/mol. The maximum absolute atomic E-state index is 12.8. The van der Waals surface area contributed by atoms with Crippen molar-refractivity contribution in [3.8, 4) is 0 Å². The number of rotatable bonds is 7. The van der Waals surface area contributed by atoms with Crippen molar-refractivity contribution in [2.45, 2.75) is 46.7 Å². The number of hydrogen-bond acceptors (Lipinski definition) is 4. The van der Waals surface area contributed by atoms with E-state index in [4.69, 9.17) is 0 Å². The van der Waals surface area contributed by atoms with E-state index >= 15 is 0 Å². The van der Waals surface area contributed by atoms with Crippen LogP contribution in [0.4, 0.5) is 0 Å². The Hall–Kier alpha value is -3.16. The number of carbonyl (C=O) groups is 1. The maximum Gasteiger partial charge on any atom is 0.332 e. The normalized spacial score (nSPS) is 12.6. The number of hydrogen-bond donors (Lipinski definition) is 1. The standard InChI is InChI=1S/C23H31N5O3/c1-14(2)11-16-7-9-17(10-8-16)19(15(3)4)25-18(29)12-28-22(30)20-21(24-13-26(20)5)27(6)23(28)31/h7-10,13-15,19H,11-12H2,1-6H3,(H,25,29)/t19-/m1/s1. The second-order valence-electron chi connectivity index (χ2n) is 8.89. The molecule has 2 aromatic heterocycles. The highest BCUT2D eigenvalue weighted by Crippen LogP contribution is 2.22. The lowest BCUT2D eigenvalue weighted by molar-refractivity contribution is -0.122. The zero-order valence-electron chi connectivity index (χ0n) is 19.0. The van der Waals surface area contributed by atoms with Crippen molar-refractivity contribution in [2.24, 2.45) is 25.9 Å². The highest BCUT2D eigenvalue weighted by Gasteiger charge is 2.21. The molecule has 31 heavy (non-hydrogen) atoms. The molecule has 0 bridgehead atoms. The first-order chi connectivity index (χ1) is 14.6. The lowest BCUT2D eigenvalue weighted by atomic mass is 9.93. The molecular formula is C23H31N5O3. The average molecular weight is 426 g/mol. The molecule has 0 aliphatic rings. The molecule has 3 aromatic rings. The molecule has 0 radical (unpaired) electrons. The lowest BCUT2D eigenvalue weighted by Crippen LogP contribution is -2.44. The smallest absolute Gasteiger partial charge is 0.332 e. The summed E-state index contributed by atoms with van der Waals surface area (Å²) in [7, 11) is 3.23. The Morgan fingerprint density at radius 3 is 2.29 bits per heavy atom. The van der Waals surface area contributed by atoms with E-state index in [1.165, 1.54) is 16.5 Å². The molecule has 3 rings (SSSR count). The van der Waals surface area contributed by atoms with Crippen LogP contribution < -0.4 is 16.6 Å². The Labute approximate surface area is 181 Å².